The van der Waals surface area contributed by atoms with E-state index < -0.39 is 5.60 Å². The van der Waals surface area contributed by atoms with Crippen LogP contribution >= 0.6 is 0 Å². The zero-order valence-corrected chi connectivity index (χ0v) is 21.7. The maximum absolute atomic E-state index is 12.7. The Bertz CT molecular complexity index is 1270. The molecular weight excluding hydrogens is 458 g/mol. The number of nitrogens with one attached hydrogen (secondary N) is 1. The quantitative estimate of drug-likeness (QED) is 0.539. The number of aliphatic hydroxyl groups excluding tert-OH is 1. The van der Waals surface area contributed by atoms with Crippen molar-refractivity contribution in [2.75, 3.05) is 19.7 Å². The zero-order valence-electron chi connectivity index (χ0n) is 21.7. The zero-order chi connectivity index (χ0) is 25.7. The number of carbonyl (C=O) groups is 1. The van der Waals surface area contributed by atoms with Crippen molar-refractivity contribution < 1.29 is 19.4 Å². The van der Waals surface area contributed by atoms with Crippen LogP contribution in [-0.2, 0) is 10.2 Å². The third-order valence-electron chi connectivity index (χ3n) is 7.35. The summed E-state index contributed by atoms with van der Waals surface area (Å²) in [6, 6.07) is 6.01. The number of aliphatic hydroxyl groups is 1. The first kappa shape index (κ1) is 24.5. The van der Waals surface area contributed by atoms with Crippen LogP contribution in [0.15, 0.2) is 30.6 Å². The van der Waals surface area contributed by atoms with Crippen molar-refractivity contribution in [3.63, 3.8) is 0 Å². The second kappa shape index (κ2) is 8.73. The summed E-state index contributed by atoms with van der Waals surface area (Å²) >= 11 is 0. The van der Waals surface area contributed by atoms with Gasteiger partial charge in [0.15, 0.2) is 0 Å². The Morgan fingerprint density at radius 2 is 1.97 bits per heavy atom. The van der Waals surface area contributed by atoms with Gasteiger partial charge >= 0.3 is 6.09 Å². The molecule has 5 rings (SSSR count). The molecule has 2 aliphatic rings. The number of H-pyrrole nitrogens is 1. The van der Waals surface area contributed by atoms with Crippen LogP contribution in [0.4, 0.5) is 4.79 Å². The van der Waals surface area contributed by atoms with Crippen molar-refractivity contribution in [3.8, 4) is 17.3 Å². The summed E-state index contributed by atoms with van der Waals surface area (Å²) < 4.78 is 12.0. The largest absolute Gasteiger partial charge is 0.471 e. The number of hydrogen-bond donors (Lipinski definition) is 2. The lowest BCUT2D eigenvalue weighted by Crippen LogP contribution is -2.51. The highest BCUT2D eigenvalue weighted by Crippen LogP contribution is 2.54. The molecule has 1 spiro atoms. The van der Waals surface area contributed by atoms with Gasteiger partial charge in [0.05, 0.1) is 31.1 Å². The number of ether oxygens (including phenoxy) is 2. The van der Waals surface area contributed by atoms with Crippen LogP contribution < -0.4 is 4.74 Å². The molecule has 192 valence electrons. The number of aromatic nitrogens is 4. The van der Waals surface area contributed by atoms with Crippen molar-refractivity contribution in [2.24, 2.45) is 5.41 Å². The van der Waals surface area contributed by atoms with E-state index in [9.17, 15) is 9.90 Å². The molecule has 0 radical (unpaired) electrons. The summed E-state index contributed by atoms with van der Waals surface area (Å²) in [6.07, 6.45) is 5.86. The van der Waals surface area contributed by atoms with Gasteiger partial charge in [-0.25, -0.2) is 9.78 Å². The summed E-state index contributed by atoms with van der Waals surface area (Å²) in [5.41, 5.74) is 2.34. The van der Waals surface area contributed by atoms with Gasteiger partial charge in [0.1, 0.15) is 23.1 Å². The predicted molar refractivity (Wildman–Crippen MR) is 136 cm³/mol. The van der Waals surface area contributed by atoms with Crippen LogP contribution in [0.3, 0.4) is 0 Å². The molecule has 2 fully saturated rings. The van der Waals surface area contributed by atoms with E-state index in [-0.39, 0.29) is 29.6 Å². The van der Waals surface area contributed by atoms with Gasteiger partial charge in [0, 0.05) is 22.8 Å². The van der Waals surface area contributed by atoms with Gasteiger partial charge in [-0.1, -0.05) is 19.9 Å². The number of rotatable bonds is 5. The number of aromatic amines is 1. The van der Waals surface area contributed by atoms with Crippen LogP contribution in [0, 0.1) is 5.41 Å². The van der Waals surface area contributed by atoms with E-state index in [1.807, 2.05) is 52.8 Å². The number of carbonyl (C=O) groups excluding carboxylic acids is 1. The van der Waals surface area contributed by atoms with E-state index in [4.69, 9.17) is 14.5 Å². The summed E-state index contributed by atoms with van der Waals surface area (Å²) in [5.74, 6) is 0.415. The molecule has 36 heavy (non-hydrogen) atoms. The molecule has 3 aromatic rings. The van der Waals surface area contributed by atoms with Gasteiger partial charge in [-0.3, -0.25) is 10.1 Å². The Morgan fingerprint density at radius 1 is 1.19 bits per heavy atom. The first-order valence-electron chi connectivity index (χ1n) is 12.6. The van der Waals surface area contributed by atoms with Gasteiger partial charge in [0.2, 0.25) is 5.88 Å². The topological polar surface area (TPSA) is 113 Å². The Morgan fingerprint density at radius 3 is 2.67 bits per heavy atom. The molecule has 3 heterocycles. The minimum atomic E-state index is -0.541. The normalized spacial score (nSPS) is 19.5. The average Bonchev–Trinajstić information content (AvgIpc) is 3.47. The Kier molecular flexibility index (Phi) is 5.94. The fourth-order valence-corrected chi connectivity index (χ4v) is 4.78. The number of fused-ring (bicyclic) bond motifs is 1. The highest BCUT2D eigenvalue weighted by molar-refractivity contribution is 5.92. The standard InChI is InChI=1S/C27H35N5O4/c1-25(2,3)36-24(34)32-11-10-27(8-9-27)21(15-32)35-22-14-28-13-20(29-22)23-18-12-17(26(4,5)16-33)6-7-19(18)30-31-23/h6-7,12-14,21,33H,8-11,15-16H2,1-5H3,(H,30,31)/t21-/m0/s1. The van der Waals surface area contributed by atoms with Crippen molar-refractivity contribution in [3.05, 3.63) is 36.2 Å². The number of nitrogens with zero attached hydrogens (tertiary/aromatic N) is 4. The monoisotopic (exact) mass is 493 g/mol. The van der Waals surface area contributed by atoms with Crippen molar-refractivity contribution in [1.82, 2.24) is 25.1 Å². The smallest absolute Gasteiger partial charge is 0.410 e. The molecule has 9 heteroatoms. The van der Waals surface area contributed by atoms with Crippen LogP contribution in [0.1, 0.15) is 59.4 Å². The third kappa shape index (κ3) is 4.76. The van der Waals surface area contributed by atoms with Gasteiger partial charge in [-0.2, -0.15) is 5.10 Å². The molecule has 0 unspecified atom stereocenters. The molecular formula is C27H35N5O4. The highest BCUT2D eigenvalue weighted by atomic mass is 16.6. The molecule has 2 aromatic heterocycles. The number of benzene rings is 1. The summed E-state index contributed by atoms with van der Waals surface area (Å²) in [6.45, 7) is 10.8. The predicted octanol–water partition coefficient (Wildman–Crippen LogP) is 4.46. The number of likely N-dealkylation sites (tertiary alicyclic amines) is 1. The maximum atomic E-state index is 12.7. The fraction of sp³-hybridized carbons (Fsp3) is 0.556. The van der Waals surface area contributed by atoms with E-state index in [1.165, 1.54) is 0 Å². The van der Waals surface area contributed by atoms with Crippen LogP contribution in [0.25, 0.3) is 22.3 Å². The lowest BCUT2D eigenvalue weighted by atomic mass is 9.85. The minimum Gasteiger partial charge on any atom is -0.471 e. The second-order valence-corrected chi connectivity index (χ2v) is 11.8. The molecule has 0 bridgehead atoms. The maximum Gasteiger partial charge on any atom is 0.410 e. The number of piperidine rings is 1. The molecule has 1 saturated heterocycles. The molecule has 1 aliphatic carbocycles. The Labute approximate surface area is 211 Å². The second-order valence-electron chi connectivity index (χ2n) is 11.8. The molecule has 1 saturated carbocycles. The number of amides is 1. The van der Waals surface area contributed by atoms with E-state index >= 15 is 0 Å². The summed E-state index contributed by atoms with van der Waals surface area (Å²) in [7, 11) is 0. The average molecular weight is 494 g/mol. The minimum absolute atomic E-state index is 0.0400. The van der Waals surface area contributed by atoms with E-state index in [0.717, 1.165) is 35.7 Å². The highest BCUT2D eigenvalue weighted by Gasteiger charge is 2.54. The Balaban J connectivity index is 1.39. The lowest BCUT2D eigenvalue weighted by Gasteiger charge is -2.39. The lowest BCUT2D eigenvalue weighted by molar-refractivity contribution is -0.0120. The SMILES string of the molecule is CC(C)(C)OC(=O)N1CCC2(CC2)[C@@H](Oc2cncc(-c3n[nH]c4ccc(C(C)(C)CO)cc34)n2)C1. The molecule has 1 aromatic carbocycles. The van der Waals surface area contributed by atoms with Crippen LogP contribution in [0.2, 0.25) is 0 Å². The molecule has 1 atom stereocenters. The van der Waals surface area contributed by atoms with Gasteiger partial charge in [-0.05, 0) is 57.7 Å². The van der Waals surface area contributed by atoms with E-state index in [1.54, 1.807) is 17.3 Å². The van der Waals surface area contributed by atoms with Gasteiger partial charge in [-0.15, -0.1) is 0 Å². The molecule has 2 N–H and O–H groups in total. The molecule has 1 aliphatic heterocycles. The first-order chi connectivity index (χ1) is 17.0. The fourth-order valence-electron chi connectivity index (χ4n) is 4.78. The van der Waals surface area contributed by atoms with Crippen molar-refractivity contribution in [2.45, 2.75) is 71.0 Å². The van der Waals surface area contributed by atoms with E-state index in [2.05, 4.69) is 15.2 Å². The van der Waals surface area contributed by atoms with Crippen LogP contribution in [0.5, 0.6) is 5.88 Å². The van der Waals surface area contributed by atoms with Crippen molar-refractivity contribution >= 4 is 17.0 Å². The third-order valence-corrected chi connectivity index (χ3v) is 7.35. The van der Waals surface area contributed by atoms with Crippen LogP contribution in [-0.4, -0.2) is 67.7 Å². The Hall–Kier alpha value is -3.20. The number of hydrogen-bond acceptors (Lipinski definition) is 7. The summed E-state index contributed by atoms with van der Waals surface area (Å²) in [4.78, 5) is 23.6. The molecule has 9 nitrogen and oxygen atoms in total. The van der Waals surface area contributed by atoms with Gasteiger partial charge < -0.3 is 19.5 Å². The van der Waals surface area contributed by atoms with Crippen molar-refractivity contribution in [1.29, 1.82) is 0 Å². The first-order valence-corrected chi connectivity index (χ1v) is 12.6. The van der Waals surface area contributed by atoms with Gasteiger partial charge in [0.25, 0.3) is 0 Å². The molecule has 1 amide bonds. The van der Waals surface area contributed by atoms with E-state index in [0.29, 0.717) is 30.4 Å². The summed E-state index contributed by atoms with van der Waals surface area (Å²) in [5, 5.41) is 18.3.